The zero-order valence-electron chi connectivity index (χ0n) is 14.7. The SMILES string of the molecule is CC1=CC(=O)CC(C)(C)C1.CNC(=O)NC.CNC(=O)NC. The first-order chi connectivity index (χ1) is 10.1. The lowest BCUT2D eigenvalue weighted by Gasteiger charge is -2.27. The van der Waals surface area contributed by atoms with Crippen molar-refractivity contribution in [3.8, 4) is 0 Å². The van der Waals surface area contributed by atoms with Gasteiger partial charge in [0.25, 0.3) is 0 Å². The van der Waals surface area contributed by atoms with Gasteiger partial charge < -0.3 is 21.3 Å². The number of carbonyl (C=O) groups is 3. The molecule has 4 amide bonds. The van der Waals surface area contributed by atoms with Crippen molar-refractivity contribution in [1.29, 1.82) is 0 Å². The lowest BCUT2D eigenvalue weighted by atomic mass is 9.77. The highest BCUT2D eigenvalue weighted by molar-refractivity contribution is 5.91. The molecule has 0 spiro atoms. The second-order valence-corrected chi connectivity index (χ2v) is 5.63. The zero-order valence-corrected chi connectivity index (χ0v) is 14.7. The summed E-state index contributed by atoms with van der Waals surface area (Å²) in [4.78, 5) is 30.9. The predicted octanol–water partition coefficient (Wildman–Crippen LogP) is 1.41. The van der Waals surface area contributed by atoms with Gasteiger partial charge in [0.15, 0.2) is 5.78 Å². The lowest BCUT2D eigenvalue weighted by Crippen LogP contribution is -2.28. The lowest BCUT2D eigenvalue weighted by molar-refractivity contribution is -0.117. The van der Waals surface area contributed by atoms with Crippen LogP contribution in [0.3, 0.4) is 0 Å². The Morgan fingerprint density at radius 2 is 1.27 bits per heavy atom. The van der Waals surface area contributed by atoms with Crippen LogP contribution in [0.5, 0.6) is 0 Å². The van der Waals surface area contributed by atoms with Crippen LogP contribution in [0.25, 0.3) is 0 Å². The average molecular weight is 314 g/mol. The summed E-state index contributed by atoms with van der Waals surface area (Å²) in [6, 6.07) is -0.315. The van der Waals surface area contributed by atoms with Gasteiger partial charge in [0.1, 0.15) is 0 Å². The molecular weight excluding hydrogens is 284 g/mol. The molecule has 0 aliphatic heterocycles. The monoisotopic (exact) mass is 314 g/mol. The topological polar surface area (TPSA) is 99.3 Å². The molecule has 0 aromatic rings. The van der Waals surface area contributed by atoms with Crippen molar-refractivity contribution in [1.82, 2.24) is 21.3 Å². The quantitative estimate of drug-likeness (QED) is 0.544. The van der Waals surface area contributed by atoms with E-state index >= 15 is 0 Å². The molecule has 0 aromatic heterocycles. The molecule has 0 heterocycles. The van der Waals surface area contributed by atoms with E-state index in [1.165, 1.54) is 5.57 Å². The van der Waals surface area contributed by atoms with E-state index in [0.717, 1.165) is 6.42 Å². The largest absolute Gasteiger partial charge is 0.341 e. The van der Waals surface area contributed by atoms with Crippen LogP contribution in [0.4, 0.5) is 9.59 Å². The standard InChI is InChI=1S/C9H14O.2C3H8N2O/c1-7-4-8(10)6-9(2,3)5-7;2*1-4-3(6)5-2/h4H,5-6H2,1-3H3;2*1-2H3,(H2,4,5,6). The predicted molar refractivity (Wildman–Crippen MR) is 88.8 cm³/mol. The van der Waals surface area contributed by atoms with Crippen molar-refractivity contribution >= 4 is 17.8 Å². The minimum Gasteiger partial charge on any atom is -0.341 e. The van der Waals surface area contributed by atoms with E-state index in [9.17, 15) is 14.4 Å². The van der Waals surface area contributed by atoms with Gasteiger partial charge in [0, 0.05) is 34.6 Å². The Labute approximate surface area is 133 Å². The smallest absolute Gasteiger partial charge is 0.314 e. The first-order valence-electron chi connectivity index (χ1n) is 7.10. The Balaban J connectivity index is 0. The van der Waals surface area contributed by atoms with Crippen molar-refractivity contribution in [2.45, 2.75) is 33.6 Å². The number of allylic oxidation sites excluding steroid dienone is 2. The van der Waals surface area contributed by atoms with Gasteiger partial charge in [-0.15, -0.1) is 0 Å². The molecule has 22 heavy (non-hydrogen) atoms. The Morgan fingerprint density at radius 3 is 1.45 bits per heavy atom. The molecule has 0 saturated heterocycles. The molecular formula is C15H30N4O3. The van der Waals surface area contributed by atoms with Gasteiger partial charge in [0.05, 0.1) is 0 Å². The molecule has 128 valence electrons. The van der Waals surface area contributed by atoms with Crippen LogP contribution in [0, 0.1) is 5.41 Å². The highest BCUT2D eigenvalue weighted by Gasteiger charge is 2.25. The summed E-state index contributed by atoms with van der Waals surface area (Å²) in [5.41, 5.74) is 1.43. The summed E-state index contributed by atoms with van der Waals surface area (Å²) in [7, 11) is 6.27. The van der Waals surface area contributed by atoms with Crippen LogP contribution in [0.2, 0.25) is 0 Å². The molecule has 0 saturated carbocycles. The molecule has 1 aliphatic carbocycles. The molecule has 7 nitrogen and oxygen atoms in total. The second-order valence-electron chi connectivity index (χ2n) is 5.63. The Bertz CT molecular complexity index is 376. The summed E-state index contributed by atoms with van der Waals surface area (Å²) >= 11 is 0. The number of hydrogen-bond donors (Lipinski definition) is 4. The summed E-state index contributed by atoms with van der Waals surface area (Å²) in [5, 5.41) is 9.46. The molecule has 0 fully saturated rings. The van der Waals surface area contributed by atoms with E-state index < -0.39 is 0 Å². The Kier molecular flexibility index (Phi) is 11.7. The van der Waals surface area contributed by atoms with E-state index in [4.69, 9.17) is 0 Å². The number of ketones is 1. The van der Waals surface area contributed by atoms with E-state index in [0.29, 0.717) is 6.42 Å². The molecule has 0 bridgehead atoms. The molecule has 0 unspecified atom stereocenters. The highest BCUT2D eigenvalue weighted by Crippen LogP contribution is 2.32. The zero-order chi connectivity index (χ0) is 17.8. The van der Waals surface area contributed by atoms with Crippen molar-refractivity contribution < 1.29 is 14.4 Å². The minimum absolute atomic E-state index is 0.157. The van der Waals surface area contributed by atoms with Gasteiger partial charge in [-0.2, -0.15) is 0 Å². The van der Waals surface area contributed by atoms with Crippen molar-refractivity contribution in [2.75, 3.05) is 28.2 Å². The van der Waals surface area contributed by atoms with E-state index in [-0.39, 0.29) is 23.3 Å². The van der Waals surface area contributed by atoms with Crippen LogP contribution in [-0.2, 0) is 4.79 Å². The molecule has 0 radical (unpaired) electrons. The average Bonchev–Trinajstić information content (AvgIpc) is 2.44. The molecule has 1 aliphatic rings. The van der Waals surface area contributed by atoms with Crippen LogP contribution >= 0.6 is 0 Å². The second kappa shape index (κ2) is 11.6. The number of nitrogens with one attached hydrogen (secondary N) is 4. The summed E-state index contributed by atoms with van der Waals surface area (Å²) in [6.07, 6.45) is 3.55. The molecule has 7 heteroatoms. The maximum atomic E-state index is 11.0. The third kappa shape index (κ3) is 13.0. The van der Waals surface area contributed by atoms with Gasteiger partial charge >= 0.3 is 12.1 Å². The van der Waals surface area contributed by atoms with Crippen molar-refractivity contribution in [3.63, 3.8) is 0 Å². The first kappa shape index (κ1) is 22.2. The summed E-state index contributed by atoms with van der Waals surface area (Å²) in [5.74, 6) is 0.286. The van der Waals surface area contributed by atoms with Crippen LogP contribution < -0.4 is 21.3 Å². The minimum atomic E-state index is -0.157. The van der Waals surface area contributed by atoms with E-state index in [1.807, 2.05) is 6.92 Å². The fourth-order valence-corrected chi connectivity index (χ4v) is 1.92. The normalized spacial score (nSPS) is 14.9. The van der Waals surface area contributed by atoms with Crippen LogP contribution in [-0.4, -0.2) is 46.0 Å². The van der Waals surface area contributed by atoms with Gasteiger partial charge in [-0.3, -0.25) is 4.79 Å². The number of rotatable bonds is 0. The third-order valence-corrected chi connectivity index (χ3v) is 2.73. The van der Waals surface area contributed by atoms with Gasteiger partial charge in [-0.1, -0.05) is 19.4 Å². The van der Waals surface area contributed by atoms with Crippen molar-refractivity contribution in [3.05, 3.63) is 11.6 Å². The van der Waals surface area contributed by atoms with Crippen molar-refractivity contribution in [2.24, 2.45) is 5.41 Å². The van der Waals surface area contributed by atoms with Crippen LogP contribution in [0.15, 0.2) is 11.6 Å². The molecule has 1 rings (SSSR count). The summed E-state index contributed by atoms with van der Waals surface area (Å²) in [6.45, 7) is 6.31. The number of urea groups is 2. The Morgan fingerprint density at radius 1 is 0.909 bits per heavy atom. The summed E-state index contributed by atoms with van der Waals surface area (Å²) < 4.78 is 0. The Hall–Kier alpha value is -2.05. The van der Waals surface area contributed by atoms with Gasteiger partial charge in [-0.05, 0) is 24.8 Å². The van der Waals surface area contributed by atoms with E-state index in [1.54, 1.807) is 34.3 Å². The maximum Gasteiger partial charge on any atom is 0.314 e. The van der Waals surface area contributed by atoms with Gasteiger partial charge in [0.2, 0.25) is 0 Å². The van der Waals surface area contributed by atoms with Gasteiger partial charge in [-0.25, -0.2) is 9.59 Å². The molecule has 4 N–H and O–H groups in total. The maximum absolute atomic E-state index is 11.0. The molecule has 0 aromatic carbocycles. The third-order valence-electron chi connectivity index (χ3n) is 2.73. The number of carbonyl (C=O) groups excluding carboxylic acids is 3. The fourth-order valence-electron chi connectivity index (χ4n) is 1.92. The first-order valence-corrected chi connectivity index (χ1v) is 7.10. The van der Waals surface area contributed by atoms with Crippen LogP contribution in [0.1, 0.15) is 33.6 Å². The van der Waals surface area contributed by atoms with E-state index in [2.05, 4.69) is 35.1 Å². The number of amides is 4. The highest BCUT2D eigenvalue weighted by atomic mass is 16.2. The fraction of sp³-hybridized carbons (Fsp3) is 0.667. The number of hydrogen-bond acceptors (Lipinski definition) is 3. The molecule has 0 atom stereocenters.